The molecule has 0 aliphatic heterocycles. The van der Waals surface area contributed by atoms with Crippen LogP contribution >= 0.6 is 0 Å². The molecule has 0 aliphatic rings. The van der Waals surface area contributed by atoms with Crippen molar-refractivity contribution in [3.8, 4) is 5.88 Å². The number of carbonyl (C=O) groups is 2. The minimum absolute atomic E-state index is 0.0476. The zero-order valence-electron chi connectivity index (χ0n) is 12.9. The Bertz CT molecular complexity index is 500. The third-order valence-electron chi connectivity index (χ3n) is 2.50. The predicted molar refractivity (Wildman–Crippen MR) is 78.4 cm³/mol. The predicted octanol–water partition coefficient (Wildman–Crippen LogP) is 2.05. The standard InChI is InChI=1S/C15H22N2O4/c1-10(2)8-17(9-14(18)19)15(20)12-6-5-7-13(16-12)21-11(3)4/h5-7,10-11H,8-9H2,1-4H3,(H,18,19). The molecule has 0 aliphatic carbocycles. The highest BCUT2D eigenvalue weighted by Gasteiger charge is 2.21. The summed E-state index contributed by atoms with van der Waals surface area (Å²) in [5.74, 6) is -0.919. The summed E-state index contributed by atoms with van der Waals surface area (Å²) in [6.45, 7) is 7.61. The Morgan fingerprint density at radius 1 is 1.29 bits per heavy atom. The summed E-state index contributed by atoms with van der Waals surface area (Å²) in [5, 5.41) is 8.93. The average molecular weight is 294 g/mol. The molecule has 0 spiro atoms. The lowest BCUT2D eigenvalue weighted by atomic mass is 10.2. The molecule has 116 valence electrons. The van der Waals surface area contributed by atoms with E-state index in [1.807, 2.05) is 27.7 Å². The quantitative estimate of drug-likeness (QED) is 0.832. The van der Waals surface area contributed by atoms with Crippen molar-refractivity contribution in [2.24, 2.45) is 5.92 Å². The molecule has 1 amide bonds. The van der Waals surface area contributed by atoms with Gasteiger partial charge in [0.15, 0.2) is 0 Å². The van der Waals surface area contributed by atoms with Crippen molar-refractivity contribution in [2.45, 2.75) is 33.8 Å². The normalized spacial score (nSPS) is 10.8. The number of pyridine rings is 1. The number of amides is 1. The van der Waals surface area contributed by atoms with Gasteiger partial charge in [0.1, 0.15) is 12.2 Å². The summed E-state index contributed by atoms with van der Waals surface area (Å²) >= 11 is 0. The van der Waals surface area contributed by atoms with Gasteiger partial charge in [-0.05, 0) is 25.8 Å². The van der Waals surface area contributed by atoms with E-state index in [4.69, 9.17) is 9.84 Å². The van der Waals surface area contributed by atoms with E-state index < -0.39 is 11.9 Å². The number of carboxylic acids is 1. The SMILES string of the molecule is CC(C)CN(CC(=O)O)C(=O)c1cccc(OC(C)C)n1. The van der Waals surface area contributed by atoms with Crippen LogP contribution in [0.1, 0.15) is 38.2 Å². The smallest absolute Gasteiger partial charge is 0.323 e. The molecule has 1 N–H and O–H groups in total. The van der Waals surface area contributed by atoms with Crippen molar-refractivity contribution in [3.05, 3.63) is 23.9 Å². The monoisotopic (exact) mass is 294 g/mol. The number of hydrogen-bond acceptors (Lipinski definition) is 4. The van der Waals surface area contributed by atoms with E-state index in [1.165, 1.54) is 4.90 Å². The highest BCUT2D eigenvalue weighted by atomic mass is 16.5. The number of carboxylic acid groups (broad SMARTS) is 1. The number of aliphatic carboxylic acids is 1. The second kappa shape index (κ2) is 7.61. The average Bonchev–Trinajstić information content (AvgIpc) is 2.35. The summed E-state index contributed by atoms with van der Waals surface area (Å²) in [7, 11) is 0. The van der Waals surface area contributed by atoms with Crippen molar-refractivity contribution < 1.29 is 19.4 Å². The number of aromatic nitrogens is 1. The molecule has 1 heterocycles. The summed E-state index contributed by atoms with van der Waals surface area (Å²) in [6.07, 6.45) is -0.0476. The molecular weight excluding hydrogens is 272 g/mol. The van der Waals surface area contributed by atoms with E-state index in [1.54, 1.807) is 18.2 Å². The third kappa shape index (κ3) is 5.81. The Kier molecular flexibility index (Phi) is 6.14. The van der Waals surface area contributed by atoms with Gasteiger partial charge in [-0.3, -0.25) is 9.59 Å². The van der Waals surface area contributed by atoms with Gasteiger partial charge in [0.2, 0.25) is 5.88 Å². The highest BCUT2D eigenvalue weighted by molar-refractivity contribution is 5.94. The second-order valence-electron chi connectivity index (χ2n) is 5.50. The lowest BCUT2D eigenvalue weighted by molar-refractivity contribution is -0.137. The zero-order valence-corrected chi connectivity index (χ0v) is 12.9. The molecule has 0 unspecified atom stereocenters. The Labute approximate surface area is 124 Å². The topological polar surface area (TPSA) is 79.7 Å². The summed E-state index contributed by atoms with van der Waals surface area (Å²) < 4.78 is 5.45. The first-order valence-corrected chi connectivity index (χ1v) is 6.94. The van der Waals surface area contributed by atoms with Crippen LogP contribution in [0.2, 0.25) is 0 Å². The fourth-order valence-electron chi connectivity index (χ4n) is 1.83. The molecule has 0 atom stereocenters. The molecular formula is C15H22N2O4. The van der Waals surface area contributed by atoms with Crippen molar-refractivity contribution >= 4 is 11.9 Å². The number of hydrogen-bond donors (Lipinski definition) is 1. The first-order chi connectivity index (χ1) is 9.79. The van der Waals surface area contributed by atoms with E-state index in [-0.39, 0.29) is 24.3 Å². The molecule has 6 heteroatoms. The molecule has 0 saturated heterocycles. The molecule has 21 heavy (non-hydrogen) atoms. The van der Waals surface area contributed by atoms with Gasteiger partial charge < -0.3 is 14.7 Å². The van der Waals surface area contributed by atoms with Crippen LogP contribution in [0.15, 0.2) is 18.2 Å². The van der Waals surface area contributed by atoms with Gasteiger partial charge in [0.05, 0.1) is 6.10 Å². The maximum Gasteiger partial charge on any atom is 0.323 e. The van der Waals surface area contributed by atoms with Crippen LogP contribution in [0.5, 0.6) is 5.88 Å². The van der Waals surface area contributed by atoms with Gasteiger partial charge in [0, 0.05) is 12.6 Å². The van der Waals surface area contributed by atoms with Gasteiger partial charge in [-0.15, -0.1) is 0 Å². The first-order valence-electron chi connectivity index (χ1n) is 6.94. The van der Waals surface area contributed by atoms with Crippen LogP contribution in [0.25, 0.3) is 0 Å². The Morgan fingerprint density at radius 3 is 2.48 bits per heavy atom. The van der Waals surface area contributed by atoms with Gasteiger partial charge in [-0.25, -0.2) is 4.98 Å². The van der Waals surface area contributed by atoms with Gasteiger partial charge >= 0.3 is 5.97 Å². The van der Waals surface area contributed by atoms with Gasteiger partial charge in [-0.1, -0.05) is 19.9 Å². The van der Waals surface area contributed by atoms with E-state index in [9.17, 15) is 9.59 Å². The summed E-state index contributed by atoms with van der Waals surface area (Å²) in [6, 6.07) is 4.90. The molecule has 1 aromatic rings. The lowest BCUT2D eigenvalue weighted by Crippen LogP contribution is -2.38. The largest absolute Gasteiger partial charge is 0.480 e. The van der Waals surface area contributed by atoms with Crippen molar-refractivity contribution in [1.29, 1.82) is 0 Å². The van der Waals surface area contributed by atoms with Gasteiger partial charge in [-0.2, -0.15) is 0 Å². The van der Waals surface area contributed by atoms with E-state index in [0.717, 1.165) is 0 Å². The van der Waals surface area contributed by atoms with Crippen molar-refractivity contribution in [3.63, 3.8) is 0 Å². The molecule has 0 fully saturated rings. The molecule has 1 aromatic heterocycles. The summed E-state index contributed by atoms with van der Waals surface area (Å²) in [4.78, 5) is 28.7. The maximum atomic E-state index is 12.4. The molecule has 0 bridgehead atoms. The number of nitrogens with zero attached hydrogens (tertiary/aromatic N) is 2. The van der Waals surface area contributed by atoms with Crippen molar-refractivity contribution in [2.75, 3.05) is 13.1 Å². The minimum atomic E-state index is -1.04. The Balaban J connectivity index is 2.94. The lowest BCUT2D eigenvalue weighted by Gasteiger charge is -2.22. The highest BCUT2D eigenvalue weighted by Crippen LogP contribution is 2.12. The van der Waals surface area contributed by atoms with E-state index in [0.29, 0.717) is 12.4 Å². The molecule has 0 aromatic carbocycles. The molecule has 1 rings (SSSR count). The zero-order chi connectivity index (χ0) is 16.0. The van der Waals surface area contributed by atoms with Crippen LogP contribution in [-0.4, -0.2) is 46.1 Å². The maximum absolute atomic E-state index is 12.4. The second-order valence-corrected chi connectivity index (χ2v) is 5.50. The number of carbonyl (C=O) groups excluding carboxylic acids is 1. The van der Waals surface area contributed by atoms with Crippen LogP contribution in [-0.2, 0) is 4.79 Å². The first kappa shape index (κ1) is 16.9. The minimum Gasteiger partial charge on any atom is -0.480 e. The van der Waals surface area contributed by atoms with Crippen LogP contribution in [0, 0.1) is 5.92 Å². The number of rotatable bonds is 7. The fraction of sp³-hybridized carbons (Fsp3) is 0.533. The van der Waals surface area contributed by atoms with Gasteiger partial charge in [0.25, 0.3) is 5.91 Å². The fourth-order valence-corrected chi connectivity index (χ4v) is 1.83. The summed E-state index contributed by atoms with van der Waals surface area (Å²) in [5.41, 5.74) is 0.190. The Hall–Kier alpha value is -2.11. The molecule has 0 saturated carbocycles. The number of ether oxygens (including phenoxy) is 1. The van der Waals surface area contributed by atoms with Crippen LogP contribution < -0.4 is 4.74 Å². The molecule has 0 radical (unpaired) electrons. The van der Waals surface area contributed by atoms with Crippen LogP contribution in [0.4, 0.5) is 0 Å². The Morgan fingerprint density at radius 2 is 1.95 bits per heavy atom. The molecule has 6 nitrogen and oxygen atoms in total. The van der Waals surface area contributed by atoms with Crippen LogP contribution in [0.3, 0.4) is 0 Å². The van der Waals surface area contributed by atoms with E-state index >= 15 is 0 Å². The third-order valence-corrected chi connectivity index (χ3v) is 2.50. The van der Waals surface area contributed by atoms with E-state index in [2.05, 4.69) is 4.98 Å². The van der Waals surface area contributed by atoms with Crippen molar-refractivity contribution in [1.82, 2.24) is 9.88 Å².